The molecular formula is C31H38N3O9P. The molecule has 5 rings (SSSR count). The smallest absolute Gasteiger partial charge is 0.459 e. The molecule has 1 saturated heterocycles. The summed E-state index contributed by atoms with van der Waals surface area (Å²) in [7, 11) is -4.29. The van der Waals surface area contributed by atoms with Gasteiger partial charge in [0.1, 0.15) is 25.0 Å². The molecular weight excluding hydrogens is 589 g/mol. The molecule has 2 fully saturated rings. The molecule has 1 unspecified atom stereocenters. The zero-order valence-electron chi connectivity index (χ0n) is 24.6. The summed E-state index contributed by atoms with van der Waals surface area (Å²) in [5, 5.41) is 2.87. The van der Waals surface area contributed by atoms with E-state index in [-0.39, 0.29) is 24.4 Å². The van der Waals surface area contributed by atoms with Gasteiger partial charge < -0.3 is 18.7 Å². The molecule has 13 heteroatoms. The second-order valence-electron chi connectivity index (χ2n) is 11.4. The van der Waals surface area contributed by atoms with E-state index >= 15 is 0 Å². The Labute approximate surface area is 255 Å². The number of nitrogens with zero attached hydrogens (tertiary/aromatic N) is 1. The summed E-state index contributed by atoms with van der Waals surface area (Å²) in [6.07, 6.45) is 15.5. The number of esters is 1. The van der Waals surface area contributed by atoms with Crippen molar-refractivity contribution in [1.82, 2.24) is 14.6 Å². The number of aromatic amines is 1. The summed E-state index contributed by atoms with van der Waals surface area (Å²) in [5.74, 6) is 2.43. The van der Waals surface area contributed by atoms with Gasteiger partial charge in [0, 0.05) is 24.8 Å². The number of hydrogen-bond acceptors (Lipinski definition) is 9. The third kappa shape index (κ3) is 7.97. The second-order valence-corrected chi connectivity index (χ2v) is 13.1. The van der Waals surface area contributed by atoms with Gasteiger partial charge in [-0.2, -0.15) is 5.09 Å². The first-order valence-electron chi connectivity index (χ1n) is 14.9. The molecule has 1 aliphatic carbocycles. The largest absolute Gasteiger partial charge is 0.462 e. The summed E-state index contributed by atoms with van der Waals surface area (Å²) in [4.78, 5) is 39.9. The fourth-order valence-electron chi connectivity index (χ4n) is 5.39. The molecule has 0 spiro atoms. The molecule has 1 aromatic carbocycles. The lowest BCUT2D eigenvalue weighted by Gasteiger charge is -2.31. The van der Waals surface area contributed by atoms with E-state index < -0.39 is 49.4 Å². The zero-order valence-corrected chi connectivity index (χ0v) is 25.5. The predicted molar refractivity (Wildman–Crippen MR) is 161 cm³/mol. The summed E-state index contributed by atoms with van der Waals surface area (Å²) >= 11 is 0. The van der Waals surface area contributed by atoms with Crippen LogP contribution in [0.2, 0.25) is 0 Å². The van der Waals surface area contributed by atoms with Crippen molar-refractivity contribution >= 4 is 13.7 Å². The van der Waals surface area contributed by atoms with Crippen LogP contribution in [0.5, 0.6) is 5.75 Å². The molecule has 1 saturated carbocycles. The number of carbonyl (C=O) groups is 1. The SMILES string of the molecule is C#C[C@@]1(CO[P@](=O)(N[C@@H](CC2CCCCC2)C(=O)OCC2CCO2)Oc2ccccc2)C=C[C@H](n2cc(C)c(=O)[nH]c2=O)O1. The molecule has 3 aliphatic rings. The van der Waals surface area contributed by atoms with Gasteiger partial charge >= 0.3 is 19.4 Å². The first-order chi connectivity index (χ1) is 21.2. The third-order valence-corrected chi connectivity index (χ3v) is 9.59. The van der Waals surface area contributed by atoms with E-state index in [1.165, 1.54) is 16.8 Å². The number of H-pyrrole nitrogens is 1. The number of rotatable bonds is 13. The van der Waals surface area contributed by atoms with Gasteiger partial charge in [-0.25, -0.2) is 9.36 Å². The maximum absolute atomic E-state index is 14.4. The molecule has 2 aliphatic heterocycles. The molecule has 236 valence electrons. The number of carbonyl (C=O) groups excluding carboxylic acids is 1. The first kappa shape index (κ1) is 31.9. The van der Waals surface area contributed by atoms with Crippen LogP contribution in [0.1, 0.15) is 56.7 Å². The summed E-state index contributed by atoms with van der Waals surface area (Å²) in [6, 6.07) is 7.46. The standard InChI is InChI=1S/C31H38N3O9P/c1-3-31(16-14-27(42-31)34-19-22(2)28(35)32-30(34)37)21-41-44(38,43-24-12-8-5-9-13-24)33-26(18-23-10-6-4-7-11-23)29(36)40-20-25-15-17-39-25/h1,5,8-9,12-14,16,19,23,25-27H,4,6-7,10-11,15,17-18,20-21H2,2H3,(H,33,38)(H,32,35,37)/t25?,26-,27+,31-,44+/m0/s1. The van der Waals surface area contributed by atoms with Crippen molar-refractivity contribution in [2.24, 2.45) is 5.92 Å². The minimum Gasteiger partial charge on any atom is -0.462 e. The highest BCUT2D eigenvalue weighted by molar-refractivity contribution is 7.52. The zero-order chi connectivity index (χ0) is 31.2. The van der Waals surface area contributed by atoms with Crippen molar-refractivity contribution in [3.63, 3.8) is 0 Å². The lowest BCUT2D eigenvalue weighted by molar-refractivity contribution is -0.157. The van der Waals surface area contributed by atoms with Crippen molar-refractivity contribution in [3.05, 3.63) is 75.1 Å². The Morgan fingerprint density at radius 2 is 1.98 bits per heavy atom. The lowest BCUT2D eigenvalue weighted by atomic mass is 9.85. The Hall–Kier alpha value is -3.46. The molecule has 2 aromatic rings. The van der Waals surface area contributed by atoms with Gasteiger partial charge in [-0.15, -0.1) is 6.42 Å². The Balaban J connectivity index is 1.35. The minimum atomic E-state index is -4.29. The summed E-state index contributed by atoms with van der Waals surface area (Å²) in [6.45, 7) is 1.86. The Morgan fingerprint density at radius 1 is 1.23 bits per heavy atom. The van der Waals surface area contributed by atoms with Gasteiger partial charge in [0.2, 0.25) is 0 Å². The third-order valence-electron chi connectivity index (χ3n) is 8.04. The van der Waals surface area contributed by atoms with Gasteiger partial charge in [-0.1, -0.05) is 56.2 Å². The van der Waals surface area contributed by atoms with Crippen LogP contribution >= 0.6 is 7.75 Å². The Bertz CT molecular complexity index is 1540. The number of ether oxygens (including phenoxy) is 3. The number of hydrogen-bond donors (Lipinski definition) is 2. The average Bonchev–Trinajstić information content (AvgIpc) is 3.43. The van der Waals surface area contributed by atoms with Gasteiger partial charge in [0.25, 0.3) is 5.56 Å². The van der Waals surface area contributed by atoms with E-state index in [0.29, 0.717) is 18.6 Å². The van der Waals surface area contributed by atoms with Crippen LogP contribution in [0.15, 0.2) is 58.3 Å². The fourth-order valence-corrected chi connectivity index (χ4v) is 6.93. The highest BCUT2D eigenvalue weighted by Gasteiger charge is 2.42. The topological polar surface area (TPSA) is 147 Å². The lowest BCUT2D eigenvalue weighted by Crippen LogP contribution is -2.42. The molecule has 44 heavy (non-hydrogen) atoms. The van der Waals surface area contributed by atoms with Crippen LogP contribution in [-0.2, 0) is 28.1 Å². The van der Waals surface area contributed by atoms with Gasteiger partial charge in [0.05, 0.1) is 6.10 Å². The van der Waals surface area contributed by atoms with Crippen LogP contribution in [0, 0.1) is 25.2 Å². The normalized spacial score (nSPS) is 25.4. The number of terminal acetylenes is 1. The van der Waals surface area contributed by atoms with E-state index in [4.69, 9.17) is 29.7 Å². The molecule has 0 bridgehead atoms. The number of benzene rings is 1. The highest BCUT2D eigenvalue weighted by Crippen LogP contribution is 2.47. The van der Waals surface area contributed by atoms with Crippen LogP contribution in [0.3, 0.4) is 0 Å². The molecule has 12 nitrogen and oxygen atoms in total. The second kappa shape index (κ2) is 14.1. The molecule has 3 heterocycles. The van der Waals surface area contributed by atoms with Crippen LogP contribution in [0.4, 0.5) is 0 Å². The van der Waals surface area contributed by atoms with Gasteiger partial charge in [-0.3, -0.25) is 23.7 Å². The van der Waals surface area contributed by atoms with E-state index in [1.54, 1.807) is 43.3 Å². The van der Waals surface area contributed by atoms with E-state index in [0.717, 1.165) is 38.5 Å². The number of nitrogens with one attached hydrogen (secondary N) is 2. The predicted octanol–water partition coefficient (Wildman–Crippen LogP) is 3.77. The summed E-state index contributed by atoms with van der Waals surface area (Å²) < 4.78 is 44.4. The maximum Gasteiger partial charge on any atom is 0.459 e. The molecule has 5 atom stereocenters. The van der Waals surface area contributed by atoms with Crippen LogP contribution < -0.4 is 20.9 Å². The van der Waals surface area contributed by atoms with Crippen molar-refractivity contribution in [2.45, 2.75) is 75.8 Å². The average molecular weight is 628 g/mol. The molecule has 0 radical (unpaired) electrons. The van der Waals surface area contributed by atoms with Crippen molar-refractivity contribution in [3.8, 4) is 18.1 Å². The number of aryl methyl sites for hydroxylation is 1. The maximum atomic E-state index is 14.4. The Kier molecular flexibility index (Phi) is 10.2. The Morgan fingerprint density at radius 3 is 2.66 bits per heavy atom. The van der Waals surface area contributed by atoms with Gasteiger partial charge in [-0.05, 0) is 43.5 Å². The van der Waals surface area contributed by atoms with Crippen molar-refractivity contribution < 1.29 is 32.6 Å². The molecule has 1 aromatic heterocycles. The number of para-hydroxylation sites is 1. The van der Waals surface area contributed by atoms with Crippen LogP contribution in [-0.4, -0.2) is 53.1 Å². The van der Waals surface area contributed by atoms with Gasteiger partial charge in [0.15, 0.2) is 11.8 Å². The first-order valence-corrected chi connectivity index (χ1v) is 16.4. The van der Waals surface area contributed by atoms with Crippen molar-refractivity contribution in [2.75, 3.05) is 19.8 Å². The van der Waals surface area contributed by atoms with E-state index in [2.05, 4.69) is 16.0 Å². The van der Waals surface area contributed by atoms with Crippen LogP contribution in [0.25, 0.3) is 0 Å². The summed E-state index contributed by atoms with van der Waals surface area (Å²) in [5.41, 5.74) is -2.42. The number of aromatic nitrogens is 2. The fraction of sp³-hybridized carbons (Fsp3) is 0.516. The van der Waals surface area contributed by atoms with E-state index in [9.17, 15) is 18.9 Å². The van der Waals surface area contributed by atoms with Crippen molar-refractivity contribution in [1.29, 1.82) is 0 Å². The highest BCUT2D eigenvalue weighted by atomic mass is 31.2. The monoisotopic (exact) mass is 627 g/mol. The molecule has 0 amide bonds. The van der Waals surface area contributed by atoms with E-state index in [1.807, 2.05) is 0 Å². The quantitative estimate of drug-likeness (QED) is 0.146. The molecule has 2 N–H and O–H groups in total. The minimum absolute atomic E-state index is 0.107.